The summed E-state index contributed by atoms with van der Waals surface area (Å²) in [6.07, 6.45) is 1.63. The first-order chi connectivity index (χ1) is 12.0. The first-order valence-electron chi connectivity index (χ1n) is 8.45. The lowest BCUT2D eigenvalue weighted by molar-refractivity contribution is 0.0735. The average Bonchev–Trinajstić information content (AvgIpc) is 3.05. The normalized spacial score (nSPS) is 14.8. The van der Waals surface area contributed by atoms with Crippen molar-refractivity contribution in [1.82, 2.24) is 10.2 Å². The Kier molecular flexibility index (Phi) is 5.18. The van der Waals surface area contributed by atoms with E-state index in [-0.39, 0.29) is 23.7 Å². The fraction of sp³-hybridized carbons (Fsp3) is 0.368. The van der Waals surface area contributed by atoms with Gasteiger partial charge in [-0.05, 0) is 55.7 Å². The molecule has 1 N–H and O–H groups in total. The van der Waals surface area contributed by atoms with Gasteiger partial charge in [0.15, 0.2) is 0 Å². The van der Waals surface area contributed by atoms with Gasteiger partial charge in [0.2, 0.25) is 0 Å². The van der Waals surface area contributed by atoms with Crippen molar-refractivity contribution in [2.45, 2.75) is 39.3 Å². The average molecular weight is 360 g/mol. The van der Waals surface area contributed by atoms with Gasteiger partial charge in [0.05, 0.1) is 4.88 Å². The van der Waals surface area contributed by atoms with E-state index < -0.39 is 0 Å². The number of amides is 2. The smallest absolute Gasteiger partial charge is 0.261 e. The molecule has 0 aliphatic carbocycles. The molecule has 1 aliphatic rings. The van der Waals surface area contributed by atoms with Crippen LogP contribution in [0.1, 0.15) is 50.7 Å². The van der Waals surface area contributed by atoms with Gasteiger partial charge in [-0.1, -0.05) is 6.92 Å². The Morgan fingerprint density at radius 3 is 2.72 bits per heavy atom. The number of thiophene rings is 1. The van der Waals surface area contributed by atoms with E-state index in [1.54, 1.807) is 4.90 Å². The second kappa shape index (κ2) is 7.35. The number of carbonyl (C=O) groups is 2. The summed E-state index contributed by atoms with van der Waals surface area (Å²) in [5.74, 6) is -0.514. The molecule has 1 atom stereocenters. The summed E-state index contributed by atoms with van der Waals surface area (Å²) in [7, 11) is 0. The van der Waals surface area contributed by atoms with Crippen molar-refractivity contribution in [1.29, 1.82) is 0 Å². The molecule has 2 amide bonds. The Morgan fingerprint density at radius 2 is 2.04 bits per heavy atom. The Hall–Kier alpha value is -2.21. The van der Waals surface area contributed by atoms with Crippen LogP contribution in [0.2, 0.25) is 0 Å². The Labute approximate surface area is 150 Å². The van der Waals surface area contributed by atoms with Gasteiger partial charge in [-0.15, -0.1) is 11.3 Å². The number of hydrogen-bond donors (Lipinski definition) is 1. The van der Waals surface area contributed by atoms with Crippen LogP contribution in [0.25, 0.3) is 0 Å². The summed E-state index contributed by atoms with van der Waals surface area (Å²) in [5, 5.41) is 2.98. The zero-order chi connectivity index (χ0) is 18.0. The Morgan fingerprint density at radius 1 is 1.32 bits per heavy atom. The van der Waals surface area contributed by atoms with Crippen molar-refractivity contribution >= 4 is 23.2 Å². The third-order valence-corrected chi connectivity index (χ3v) is 5.69. The molecule has 0 saturated heterocycles. The molecule has 0 radical (unpaired) electrons. The lowest BCUT2D eigenvalue weighted by Crippen LogP contribution is -2.35. The highest BCUT2D eigenvalue weighted by atomic mass is 32.1. The van der Waals surface area contributed by atoms with Crippen molar-refractivity contribution in [3.63, 3.8) is 0 Å². The molecule has 6 heteroatoms. The van der Waals surface area contributed by atoms with Gasteiger partial charge in [0.1, 0.15) is 5.82 Å². The summed E-state index contributed by atoms with van der Waals surface area (Å²) in [6, 6.07) is 7.64. The second-order valence-corrected chi connectivity index (χ2v) is 7.46. The number of halogens is 1. The maximum atomic E-state index is 13.0. The summed E-state index contributed by atoms with van der Waals surface area (Å²) < 4.78 is 13.0. The summed E-state index contributed by atoms with van der Waals surface area (Å²) in [4.78, 5) is 28.5. The van der Waals surface area contributed by atoms with Crippen molar-refractivity contribution < 1.29 is 14.0 Å². The lowest BCUT2D eigenvalue weighted by Gasteiger charge is -2.27. The molecule has 0 unspecified atom stereocenters. The van der Waals surface area contributed by atoms with Crippen LogP contribution < -0.4 is 5.32 Å². The highest BCUT2D eigenvalue weighted by Gasteiger charge is 2.25. The molecule has 4 nitrogen and oxygen atoms in total. The van der Waals surface area contributed by atoms with Gasteiger partial charge in [0, 0.05) is 29.6 Å². The van der Waals surface area contributed by atoms with Crippen LogP contribution in [0.3, 0.4) is 0 Å². The van der Waals surface area contributed by atoms with Crippen LogP contribution in [0.5, 0.6) is 0 Å². The molecule has 3 rings (SSSR count). The minimum absolute atomic E-state index is 0.0508. The Bertz CT molecular complexity index is 785. The number of benzene rings is 1. The van der Waals surface area contributed by atoms with Crippen LogP contribution in [0, 0.1) is 5.82 Å². The van der Waals surface area contributed by atoms with Gasteiger partial charge in [-0.25, -0.2) is 4.39 Å². The summed E-state index contributed by atoms with van der Waals surface area (Å²) in [5.41, 5.74) is 1.51. The van der Waals surface area contributed by atoms with Gasteiger partial charge in [0.25, 0.3) is 11.8 Å². The molecule has 1 aromatic heterocycles. The highest BCUT2D eigenvalue weighted by molar-refractivity contribution is 7.14. The molecule has 0 saturated carbocycles. The quantitative estimate of drug-likeness (QED) is 0.905. The number of carbonyl (C=O) groups excluding carboxylic acids is 2. The van der Waals surface area contributed by atoms with Crippen LogP contribution >= 0.6 is 11.3 Å². The number of rotatable bonds is 4. The van der Waals surface area contributed by atoms with E-state index in [2.05, 4.69) is 5.32 Å². The topological polar surface area (TPSA) is 49.4 Å². The Balaban J connectivity index is 1.72. The van der Waals surface area contributed by atoms with Crippen LogP contribution in [0.4, 0.5) is 4.39 Å². The fourth-order valence-electron chi connectivity index (χ4n) is 2.79. The van der Waals surface area contributed by atoms with Gasteiger partial charge in [-0.2, -0.15) is 0 Å². The molecule has 2 aromatic rings. The summed E-state index contributed by atoms with van der Waals surface area (Å²) in [6.45, 7) is 5.10. The van der Waals surface area contributed by atoms with Crippen molar-refractivity contribution in [3.05, 3.63) is 57.0 Å². The molecule has 132 valence electrons. The highest BCUT2D eigenvalue weighted by Crippen LogP contribution is 2.29. The molecule has 0 bridgehead atoms. The standard InChI is InChI=1S/C19H21FN2O2S/c1-3-12(2)21-18(23)17-10-14-11-22(9-8-16(14)25-17)19(24)13-4-6-15(20)7-5-13/h4-7,10,12H,3,8-9,11H2,1-2H3,(H,21,23)/t12-/m0/s1. The molecular formula is C19H21FN2O2S. The van der Waals surface area contributed by atoms with E-state index in [1.165, 1.54) is 35.6 Å². The van der Waals surface area contributed by atoms with Gasteiger partial charge in [-0.3, -0.25) is 9.59 Å². The van der Waals surface area contributed by atoms with Crippen molar-refractivity contribution in [2.24, 2.45) is 0 Å². The second-order valence-electron chi connectivity index (χ2n) is 6.33. The van der Waals surface area contributed by atoms with E-state index in [0.717, 1.165) is 23.3 Å². The first kappa shape index (κ1) is 17.6. The van der Waals surface area contributed by atoms with Crippen LogP contribution in [-0.2, 0) is 13.0 Å². The molecule has 1 aliphatic heterocycles. The van der Waals surface area contributed by atoms with E-state index in [9.17, 15) is 14.0 Å². The fourth-order valence-corrected chi connectivity index (χ4v) is 3.86. The van der Waals surface area contributed by atoms with Crippen molar-refractivity contribution in [3.8, 4) is 0 Å². The van der Waals surface area contributed by atoms with E-state index in [1.807, 2.05) is 19.9 Å². The predicted molar refractivity (Wildman–Crippen MR) is 96.4 cm³/mol. The van der Waals surface area contributed by atoms with E-state index in [4.69, 9.17) is 0 Å². The number of nitrogens with one attached hydrogen (secondary N) is 1. The first-order valence-corrected chi connectivity index (χ1v) is 9.27. The lowest BCUT2D eigenvalue weighted by atomic mass is 10.1. The van der Waals surface area contributed by atoms with Gasteiger partial charge >= 0.3 is 0 Å². The number of hydrogen-bond acceptors (Lipinski definition) is 3. The third-order valence-electron chi connectivity index (χ3n) is 4.46. The summed E-state index contributed by atoms with van der Waals surface area (Å²) >= 11 is 1.51. The molecule has 2 heterocycles. The number of nitrogens with zero attached hydrogens (tertiary/aromatic N) is 1. The van der Waals surface area contributed by atoms with E-state index in [0.29, 0.717) is 23.5 Å². The largest absolute Gasteiger partial charge is 0.349 e. The minimum atomic E-state index is -0.354. The van der Waals surface area contributed by atoms with Crippen LogP contribution in [-0.4, -0.2) is 29.3 Å². The third kappa shape index (κ3) is 3.90. The number of fused-ring (bicyclic) bond motifs is 1. The SMILES string of the molecule is CC[C@H](C)NC(=O)c1cc2c(s1)CCN(C(=O)c1ccc(F)cc1)C2. The van der Waals surface area contributed by atoms with Crippen molar-refractivity contribution in [2.75, 3.05) is 6.54 Å². The molecule has 0 fully saturated rings. The minimum Gasteiger partial charge on any atom is -0.349 e. The zero-order valence-corrected chi connectivity index (χ0v) is 15.2. The molecular weight excluding hydrogens is 339 g/mol. The maximum Gasteiger partial charge on any atom is 0.261 e. The molecule has 25 heavy (non-hydrogen) atoms. The monoisotopic (exact) mass is 360 g/mol. The van der Waals surface area contributed by atoms with Crippen LogP contribution in [0.15, 0.2) is 30.3 Å². The predicted octanol–water partition coefficient (Wildman–Crippen LogP) is 3.61. The molecule has 0 spiro atoms. The molecule has 1 aromatic carbocycles. The van der Waals surface area contributed by atoms with Gasteiger partial charge < -0.3 is 10.2 Å². The zero-order valence-electron chi connectivity index (χ0n) is 14.3. The maximum absolute atomic E-state index is 13.0. The van der Waals surface area contributed by atoms with E-state index >= 15 is 0 Å².